The van der Waals surface area contributed by atoms with Crippen molar-refractivity contribution in [2.45, 2.75) is 62.3 Å². The van der Waals surface area contributed by atoms with Crippen molar-refractivity contribution in [3.63, 3.8) is 0 Å². The molecule has 0 spiro atoms. The average Bonchev–Trinajstić information content (AvgIpc) is 3.01. The van der Waals surface area contributed by atoms with E-state index in [1.807, 2.05) is 0 Å². The van der Waals surface area contributed by atoms with E-state index in [0.29, 0.717) is 5.56 Å². The third-order valence-corrected chi connectivity index (χ3v) is 7.92. The standard InChI is InChI=1S/C21H32N4O3S/c1-24-15-13-19(14-16-24)25(2)29(27,28)20-11-9-17(10-12-20)21(26)23-22-18-7-5-3-4-6-8-18/h9-12,19H,3-8,13-16H2,1-2H3,(H,23,26). The minimum absolute atomic E-state index is 0.00887. The van der Waals surface area contributed by atoms with Gasteiger partial charge in [-0.3, -0.25) is 4.79 Å². The minimum atomic E-state index is -3.58. The van der Waals surface area contributed by atoms with Crippen molar-refractivity contribution in [3.8, 4) is 0 Å². The molecule has 1 saturated heterocycles. The molecule has 1 aliphatic heterocycles. The second-order valence-electron chi connectivity index (χ2n) is 8.11. The van der Waals surface area contributed by atoms with E-state index >= 15 is 0 Å². The number of amides is 1. The van der Waals surface area contributed by atoms with Crippen LogP contribution in [0, 0.1) is 0 Å². The number of rotatable bonds is 5. The Morgan fingerprint density at radius 3 is 2.24 bits per heavy atom. The topological polar surface area (TPSA) is 82.1 Å². The highest BCUT2D eigenvalue weighted by atomic mass is 32.2. The van der Waals surface area contributed by atoms with Gasteiger partial charge >= 0.3 is 0 Å². The number of benzene rings is 1. The molecule has 0 atom stereocenters. The molecule has 0 unspecified atom stereocenters. The number of carbonyl (C=O) groups excluding carboxylic acids is 1. The lowest BCUT2D eigenvalue weighted by Crippen LogP contribution is -2.44. The second kappa shape index (κ2) is 9.82. The Morgan fingerprint density at radius 2 is 1.66 bits per heavy atom. The third-order valence-electron chi connectivity index (χ3n) is 5.99. The Kier molecular flexibility index (Phi) is 7.43. The lowest BCUT2D eigenvalue weighted by molar-refractivity contribution is 0.0954. The first-order chi connectivity index (χ1) is 13.9. The fourth-order valence-electron chi connectivity index (χ4n) is 3.94. The number of hydrogen-bond donors (Lipinski definition) is 1. The molecule has 0 bridgehead atoms. The maximum absolute atomic E-state index is 12.9. The summed E-state index contributed by atoms with van der Waals surface area (Å²) < 4.78 is 27.4. The van der Waals surface area contributed by atoms with Crippen LogP contribution in [0.2, 0.25) is 0 Å². The third kappa shape index (κ3) is 5.65. The van der Waals surface area contributed by atoms with Gasteiger partial charge in [0.05, 0.1) is 4.90 Å². The number of carbonyl (C=O) groups is 1. The van der Waals surface area contributed by atoms with Crippen molar-refractivity contribution < 1.29 is 13.2 Å². The molecule has 1 N–H and O–H groups in total. The fraction of sp³-hybridized carbons (Fsp3) is 0.619. The Bertz CT molecular complexity index is 818. The van der Waals surface area contributed by atoms with Gasteiger partial charge in [0.2, 0.25) is 10.0 Å². The quantitative estimate of drug-likeness (QED) is 0.587. The van der Waals surface area contributed by atoms with Crippen LogP contribution in [0.3, 0.4) is 0 Å². The van der Waals surface area contributed by atoms with Crippen LogP contribution in [-0.4, -0.2) is 62.5 Å². The molecule has 1 heterocycles. The smallest absolute Gasteiger partial charge is 0.271 e. The summed E-state index contributed by atoms with van der Waals surface area (Å²) in [7, 11) is 0.122. The number of hydrazone groups is 1. The normalized spacial score (nSPS) is 19.8. The van der Waals surface area contributed by atoms with Crippen molar-refractivity contribution in [1.82, 2.24) is 14.6 Å². The van der Waals surface area contributed by atoms with E-state index in [1.54, 1.807) is 19.2 Å². The predicted molar refractivity (Wildman–Crippen MR) is 115 cm³/mol. The zero-order valence-electron chi connectivity index (χ0n) is 17.4. The molecule has 8 heteroatoms. The molecule has 1 saturated carbocycles. The average molecular weight is 421 g/mol. The summed E-state index contributed by atoms with van der Waals surface area (Å²) in [5.41, 5.74) is 4.06. The summed E-state index contributed by atoms with van der Waals surface area (Å²) in [6.45, 7) is 1.79. The van der Waals surface area contributed by atoms with Gasteiger partial charge in [-0.15, -0.1) is 0 Å². The highest BCUT2D eigenvalue weighted by molar-refractivity contribution is 7.89. The Labute approximate surface area is 174 Å². The molecular weight excluding hydrogens is 388 g/mol. The number of nitrogens with one attached hydrogen (secondary N) is 1. The highest BCUT2D eigenvalue weighted by Crippen LogP contribution is 2.22. The first kappa shape index (κ1) is 21.9. The van der Waals surface area contributed by atoms with Gasteiger partial charge in [0.25, 0.3) is 5.91 Å². The molecule has 160 valence electrons. The first-order valence-electron chi connectivity index (χ1n) is 10.5. The van der Waals surface area contributed by atoms with Gasteiger partial charge in [-0.25, -0.2) is 13.8 Å². The van der Waals surface area contributed by atoms with Crippen molar-refractivity contribution in [1.29, 1.82) is 0 Å². The van der Waals surface area contributed by atoms with Crippen LogP contribution in [0.4, 0.5) is 0 Å². The van der Waals surface area contributed by atoms with Gasteiger partial charge in [-0.05, 0) is 82.9 Å². The summed E-state index contributed by atoms with van der Waals surface area (Å²) in [5, 5.41) is 4.27. The highest BCUT2D eigenvalue weighted by Gasteiger charge is 2.30. The molecule has 7 nitrogen and oxygen atoms in total. The van der Waals surface area contributed by atoms with E-state index in [0.717, 1.165) is 57.3 Å². The molecule has 2 aliphatic rings. The van der Waals surface area contributed by atoms with Gasteiger partial charge in [-0.2, -0.15) is 9.41 Å². The van der Waals surface area contributed by atoms with E-state index in [4.69, 9.17) is 0 Å². The summed E-state index contributed by atoms with van der Waals surface area (Å²) in [6.07, 6.45) is 8.18. The molecule has 2 fully saturated rings. The van der Waals surface area contributed by atoms with E-state index in [-0.39, 0.29) is 16.8 Å². The van der Waals surface area contributed by atoms with Crippen LogP contribution in [0.15, 0.2) is 34.3 Å². The number of likely N-dealkylation sites (tertiary alicyclic amines) is 1. The number of piperidine rings is 1. The van der Waals surface area contributed by atoms with Crippen molar-refractivity contribution >= 4 is 21.6 Å². The summed E-state index contributed by atoms with van der Waals surface area (Å²) in [5.74, 6) is -0.311. The van der Waals surface area contributed by atoms with Crippen molar-refractivity contribution in [3.05, 3.63) is 29.8 Å². The lowest BCUT2D eigenvalue weighted by Gasteiger charge is -2.34. The summed E-state index contributed by atoms with van der Waals surface area (Å²) in [6, 6.07) is 6.13. The molecule has 0 radical (unpaired) electrons. The van der Waals surface area contributed by atoms with E-state index in [1.165, 1.54) is 29.3 Å². The van der Waals surface area contributed by atoms with Crippen molar-refractivity contribution in [2.75, 3.05) is 27.2 Å². The van der Waals surface area contributed by atoms with Crippen molar-refractivity contribution in [2.24, 2.45) is 5.10 Å². The molecule has 1 amide bonds. The molecule has 1 aromatic rings. The number of nitrogens with zero attached hydrogens (tertiary/aromatic N) is 3. The largest absolute Gasteiger partial charge is 0.306 e. The Morgan fingerprint density at radius 1 is 1.07 bits per heavy atom. The molecule has 3 rings (SSSR count). The minimum Gasteiger partial charge on any atom is -0.306 e. The predicted octanol–water partition coefficient (Wildman–Crippen LogP) is 2.84. The van der Waals surface area contributed by atoms with Gasteiger partial charge in [-0.1, -0.05) is 12.8 Å². The first-order valence-corrected chi connectivity index (χ1v) is 11.9. The van der Waals surface area contributed by atoms with Crippen LogP contribution in [0.1, 0.15) is 61.7 Å². The van der Waals surface area contributed by atoms with Crippen LogP contribution in [0.5, 0.6) is 0 Å². The maximum atomic E-state index is 12.9. The fourth-order valence-corrected chi connectivity index (χ4v) is 5.36. The summed E-state index contributed by atoms with van der Waals surface area (Å²) >= 11 is 0. The molecule has 1 aromatic carbocycles. The zero-order chi connectivity index (χ0) is 20.9. The van der Waals surface area contributed by atoms with Gasteiger partial charge < -0.3 is 4.90 Å². The second-order valence-corrected chi connectivity index (χ2v) is 10.1. The Balaban J connectivity index is 1.63. The van der Waals surface area contributed by atoms with Gasteiger partial charge in [0.1, 0.15) is 0 Å². The van der Waals surface area contributed by atoms with Crippen LogP contribution in [-0.2, 0) is 10.0 Å². The lowest BCUT2D eigenvalue weighted by atomic mass is 10.1. The van der Waals surface area contributed by atoms with Gasteiger partial charge in [0.15, 0.2) is 0 Å². The molecule has 0 aromatic heterocycles. The van der Waals surface area contributed by atoms with E-state index in [9.17, 15) is 13.2 Å². The van der Waals surface area contributed by atoms with Crippen LogP contribution < -0.4 is 5.43 Å². The van der Waals surface area contributed by atoms with E-state index in [2.05, 4.69) is 22.5 Å². The maximum Gasteiger partial charge on any atom is 0.271 e. The molecule has 1 aliphatic carbocycles. The molecule has 29 heavy (non-hydrogen) atoms. The monoisotopic (exact) mass is 420 g/mol. The van der Waals surface area contributed by atoms with Crippen LogP contribution >= 0.6 is 0 Å². The van der Waals surface area contributed by atoms with Crippen LogP contribution in [0.25, 0.3) is 0 Å². The van der Waals surface area contributed by atoms with E-state index < -0.39 is 10.0 Å². The Hall–Kier alpha value is -1.77. The number of sulfonamides is 1. The van der Waals surface area contributed by atoms with Gasteiger partial charge in [0, 0.05) is 24.4 Å². The number of hydrogen-bond acceptors (Lipinski definition) is 5. The molecular formula is C21H32N4O3S. The summed E-state index contributed by atoms with van der Waals surface area (Å²) in [4.78, 5) is 14.8. The SMILES string of the molecule is CN1CCC(N(C)S(=O)(=O)c2ccc(C(=O)NN=C3CCCCCC3)cc2)CC1. The zero-order valence-corrected chi connectivity index (χ0v) is 18.2.